The fraction of sp³-hybridized carbons (Fsp3) is 0.167. The molecule has 6 heteroatoms. The maximum Gasteiger partial charge on any atom is 0.253 e. The molecule has 0 spiro atoms. The van der Waals surface area contributed by atoms with Crippen LogP contribution in [0.2, 0.25) is 0 Å². The van der Waals surface area contributed by atoms with Crippen LogP contribution in [0.4, 0.5) is 0 Å². The summed E-state index contributed by atoms with van der Waals surface area (Å²) in [5, 5.41) is 2.81. The molecule has 3 rings (SSSR count). The van der Waals surface area contributed by atoms with E-state index in [1.165, 1.54) is 17.0 Å². The lowest BCUT2D eigenvalue weighted by molar-refractivity contribution is 0.0952. The van der Waals surface area contributed by atoms with Gasteiger partial charge in [0, 0.05) is 48.5 Å². The molecule has 0 radical (unpaired) electrons. The number of nitrogens with zero attached hydrogens (tertiary/aromatic N) is 3. The molecule has 1 N–H and O–H groups in total. The highest BCUT2D eigenvalue weighted by molar-refractivity contribution is 5.94. The first-order chi connectivity index (χ1) is 11.6. The molecule has 6 nitrogen and oxygen atoms in total. The average Bonchev–Trinajstić information content (AvgIpc) is 3.11. The number of hydrogen-bond acceptors (Lipinski definition) is 3. The second-order valence-electron chi connectivity index (χ2n) is 5.46. The number of rotatable bonds is 5. The van der Waals surface area contributed by atoms with Crippen molar-refractivity contribution in [1.29, 1.82) is 0 Å². The summed E-state index contributed by atoms with van der Waals surface area (Å²) < 4.78 is 3.45. The Balaban J connectivity index is 1.58. The molecule has 0 fully saturated rings. The van der Waals surface area contributed by atoms with Gasteiger partial charge in [0.05, 0.1) is 6.33 Å². The zero-order valence-corrected chi connectivity index (χ0v) is 13.3. The van der Waals surface area contributed by atoms with Crippen LogP contribution in [0.1, 0.15) is 16.1 Å². The van der Waals surface area contributed by atoms with Crippen molar-refractivity contribution in [3.8, 4) is 5.69 Å². The molecule has 0 saturated heterocycles. The van der Waals surface area contributed by atoms with Gasteiger partial charge < -0.3 is 9.88 Å². The van der Waals surface area contributed by atoms with Gasteiger partial charge in [-0.1, -0.05) is 0 Å². The van der Waals surface area contributed by atoms with Gasteiger partial charge in [0.15, 0.2) is 0 Å². The zero-order chi connectivity index (χ0) is 16.9. The highest BCUT2D eigenvalue weighted by atomic mass is 16.1. The summed E-state index contributed by atoms with van der Waals surface area (Å²) in [4.78, 5) is 28.0. The summed E-state index contributed by atoms with van der Waals surface area (Å²) in [6.45, 7) is 2.52. The first kappa shape index (κ1) is 15.7. The first-order valence-corrected chi connectivity index (χ1v) is 7.68. The van der Waals surface area contributed by atoms with E-state index in [-0.39, 0.29) is 11.5 Å². The summed E-state index contributed by atoms with van der Waals surface area (Å²) in [5.74, 6) is -0.165. The van der Waals surface area contributed by atoms with Crippen LogP contribution in [0.5, 0.6) is 0 Å². The molecule has 2 heterocycles. The molecule has 122 valence electrons. The molecule has 0 saturated carbocycles. The summed E-state index contributed by atoms with van der Waals surface area (Å²) in [6, 6.07) is 12.7. The van der Waals surface area contributed by atoms with Crippen molar-refractivity contribution in [2.24, 2.45) is 0 Å². The van der Waals surface area contributed by atoms with Gasteiger partial charge in [-0.05, 0) is 43.3 Å². The largest absolute Gasteiger partial charge is 0.350 e. The predicted molar refractivity (Wildman–Crippen MR) is 91.3 cm³/mol. The van der Waals surface area contributed by atoms with Gasteiger partial charge in [0.1, 0.15) is 0 Å². The SMILES string of the molecule is Cc1cc(=O)n(CCNC(=O)c2ccc(-n3cccc3)cc2)cn1. The van der Waals surface area contributed by atoms with Crippen LogP contribution in [0.3, 0.4) is 0 Å². The summed E-state index contributed by atoms with van der Waals surface area (Å²) in [5.41, 5.74) is 2.14. The van der Waals surface area contributed by atoms with E-state index in [9.17, 15) is 9.59 Å². The maximum atomic E-state index is 12.2. The van der Waals surface area contributed by atoms with E-state index < -0.39 is 0 Å². The number of aromatic nitrogens is 3. The Morgan fingerprint density at radius 2 is 1.88 bits per heavy atom. The smallest absolute Gasteiger partial charge is 0.253 e. The van der Waals surface area contributed by atoms with Gasteiger partial charge in [-0.2, -0.15) is 0 Å². The Kier molecular flexibility index (Phi) is 4.56. The van der Waals surface area contributed by atoms with Gasteiger partial charge in [0.2, 0.25) is 0 Å². The third kappa shape index (κ3) is 3.60. The summed E-state index contributed by atoms with van der Waals surface area (Å²) in [6.07, 6.45) is 5.39. The lowest BCUT2D eigenvalue weighted by Crippen LogP contribution is -2.30. The second kappa shape index (κ2) is 6.95. The van der Waals surface area contributed by atoms with E-state index in [0.717, 1.165) is 5.69 Å². The number of amides is 1. The Morgan fingerprint density at radius 1 is 1.17 bits per heavy atom. The molecule has 0 atom stereocenters. The lowest BCUT2D eigenvalue weighted by Gasteiger charge is -2.08. The van der Waals surface area contributed by atoms with Gasteiger partial charge in [0.25, 0.3) is 11.5 Å². The van der Waals surface area contributed by atoms with Gasteiger partial charge in [-0.3, -0.25) is 14.2 Å². The number of nitrogens with one attached hydrogen (secondary N) is 1. The third-order valence-corrected chi connectivity index (χ3v) is 3.69. The van der Waals surface area contributed by atoms with Crippen LogP contribution < -0.4 is 10.9 Å². The van der Waals surface area contributed by atoms with Crippen LogP contribution in [0.15, 0.2) is 66.0 Å². The van der Waals surface area contributed by atoms with E-state index in [1.54, 1.807) is 19.1 Å². The molecular formula is C18H18N4O2. The van der Waals surface area contributed by atoms with E-state index in [2.05, 4.69) is 10.3 Å². The number of benzene rings is 1. The molecule has 0 unspecified atom stereocenters. The fourth-order valence-electron chi connectivity index (χ4n) is 2.37. The predicted octanol–water partition coefficient (Wildman–Crippen LogP) is 1.77. The number of hydrogen-bond donors (Lipinski definition) is 1. The summed E-state index contributed by atoms with van der Waals surface area (Å²) >= 11 is 0. The Hall–Kier alpha value is -3.15. The van der Waals surface area contributed by atoms with Crippen molar-refractivity contribution in [3.63, 3.8) is 0 Å². The minimum absolute atomic E-state index is 0.118. The topological polar surface area (TPSA) is 68.9 Å². The van der Waals surface area contributed by atoms with Gasteiger partial charge in [-0.15, -0.1) is 0 Å². The van der Waals surface area contributed by atoms with E-state index in [0.29, 0.717) is 24.3 Å². The van der Waals surface area contributed by atoms with E-state index in [4.69, 9.17) is 0 Å². The maximum absolute atomic E-state index is 12.2. The lowest BCUT2D eigenvalue weighted by atomic mass is 10.2. The normalized spacial score (nSPS) is 10.5. The fourth-order valence-corrected chi connectivity index (χ4v) is 2.37. The molecule has 1 aromatic carbocycles. The van der Waals surface area contributed by atoms with Crippen molar-refractivity contribution in [3.05, 3.63) is 82.8 Å². The van der Waals surface area contributed by atoms with Crippen molar-refractivity contribution in [2.45, 2.75) is 13.5 Å². The summed E-state index contributed by atoms with van der Waals surface area (Å²) in [7, 11) is 0. The Morgan fingerprint density at radius 3 is 2.54 bits per heavy atom. The van der Waals surface area contributed by atoms with Crippen molar-refractivity contribution >= 4 is 5.91 Å². The molecule has 0 bridgehead atoms. The molecule has 3 aromatic rings. The van der Waals surface area contributed by atoms with Crippen LogP contribution in [0, 0.1) is 6.92 Å². The van der Waals surface area contributed by atoms with Crippen LogP contribution in [0.25, 0.3) is 5.69 Å². The molecule has 0 aliphatic rings. The monoisotopic (exact) mass is 322 g/mol. The van der Waals surface area contributed by atoms with Crippen molar-refractivity contribution in [2.75, 3.05) is 6.54 Å². The number of carbonyl (C=O) groups is 1. The number of carbonyl (C=O) groups excluding carboxylic acids is 1. The van der Waals surface area contributed by atoms with Crippen LogP contribution >= 0.6 is 0 Å². The van der Waals surface area contributed by atoms with Crippen LogP contribution in [-0.2, 0) is 6.54 Å². The Bertz CT molecular complexity index is 880. The quantitative estimate of drug-likeness (QED) is 0.778. The van der Waals surface area contributed by atoms with E-state index in [1.807, 2.05) is 41.2 Å². The zero-order valence-electron chi connectivity index (χ0n) is 13.3. The Labute approximate surface area is 139 Å². The molecule has 2 aromatic heterocycles. The highest BCUT2D eigenvalue weighted by Crippen LogP contribution is 2.09. The molecule has 0 aliphatic carbocycles. The van der Waals surface area contributed by atoms with Crippen LogP contribution in [-0.4, -0.2) is 26.6 Å². The molecule has 0 aliphatic heterocycles. The van der Waals surface area contributed by atoms with E-state index >= 15 is 0 Å². The third-order valence-electron chi connectivity index (χ3n) is 3.69. The van der Waals surface area contributed by atoms with Gasteiger partial charge in [-0.25, -0.2) is 4.98 Å². The van der Waals surface area contributed by atoms with Gasteiger partial charge >= 0.3 is 0 Å². The minimum atomic E-state index is -0.165. The number of aryl methyl sites for hydroxylation is 1. The highest BCUT2D eigenvalue weighted by Gasteiger charge is 2.05. The van der Waals surface area contributed by atoms with Crippen molar-refractivity contribution in [1.82, 2.24) is 19.4 Å². The standard InChI is InChI=1S/C18H18N4O2/c1-14-12-17(23)22(13-20-14)11-8-19-18(24)15-4-6-16(7-5-15)21-9-2-3-10-21/h2-7,9-10,12-13H,8,11H2,1H3,(H,19,24). The molecular weight excluding hydrogens is 304 g/mol. The van der Waals surface area contributed by atoms with Crippen molar-refractivity contribution < 1.29 is 4.79 Å². The average molecular weight is 322 g/mol. The molecule has 24 heavy (non-hydrogen) atoms. The minimum Gasteiger partial charge on any atom is -0.350 e. The first-order valence-electron chi connectivity index (χ1n) is 7.68. The molecule has 1 amide bonds. The second-order valence-corrected chi connectivity index (χ2v) is 5.46.